The Bertz CT molecular complexity index is 963. The second kappa shape index (κ2) is 7.87. The van der Waals surface area contributed by atoms with Gasteiger partial charge in [0.15, 0.2) is 0 Å². The molecule has 0 aromatic carbocycles. The van der Waals surface area contributed by atoms with Gasteiger partial charge < -0.3 is 24.2 Å². The van der Waals surface area contributed by atoms with Gasteiger partial charge in [-0.1, -0.05) is 34.6 Å². The molecule has 7 aliphatic rings. The van der Waals surface area contributed by atoms with E-state index in [9.17, 15) is 9.90 Å². The number of rotatable bonds is 1. The molecule has 0 radical (unpaired) electrons. The molecule has 1 N–H and O–H groups in total. The van der Waals surface area contributed by atoms with Crippen LogP contribution < -0.4 is 0 Å². The lowest BCUT2D eigenvalue weighted by atomic mass is 9.41. The summed E-state index contributed by atoms with van der Waals surface area (Å²) < 4.78 is 18.1. The molecule has 0 aromatic rings. The number of carbonyl (C=O) groups is 1. The first-order chi connectivity index (χ1) is 17.5. The summed E-state index contributed by atoms with van der Waals surface area (Å²) in [5.74, 6) is 2.23. The summed E-state index contributed by atoms with van der Waals surface area (Å²) in [6, 6.07) is 0. The van der Waals surface area contributed by atoms with Crippen molar-refractivity contribution in [3.63, 3.8) is 0 Å². The fraction of sp³-hybridized carbons (Fsp3) is 0.968. The molecule has 3 unspecified atom stereocenters. The van der Waals surface area contributed by atoms with Crippen LogP contribution in [0.15, 0.2) is 0 Å². The molecule has 7 rings (SSSR count). The predicted octanol–water partition coefficient (Wildman–Crippen LogP) is 5.27. The predicted molar refractivity (Wildman–Crippen MR) is 140 cm³/mol. The molecule has 0 bridgehead atoms. The van der Waals surface area contributed by atoms with E-state index in [1.807, 2.05) is 4.90 Å². The SMILES string of the molecule is C[C@@H]1CCOC2[C@H]1[C@@]1(C)CCC34C[C@@]35CC[C@H](OC(=O)N3CCOCC3)C(C)(C)[C@@H]5CCC4[C@]1(C)[C@H]2O. The van der Waals surface area contributed by atoms with Crippen molar-refractivity contribution in [1.29, 1.82) is 0 Å². The minimum atomic E-state index is -0.361. The third kappa shape index (κ3) is 2.91. The van der Waals surface area contributed by atoms with E-state index < -0.39 is 0 Å². The van der Waals surface area contributed by atoms with Gasteiger partial charge in [0.25, 0.3) is 0 Å². The van der Waals surface area contributed by atoms with Crippen molar-refractivity contribution < 1.29 is 24.1 Å². The lowest BCUT2D eigenvalue weighted by Crippen LogP contribution is -2.60. The fourth-order valence-electron chi connectivity index (χ4n) is 12.3. The smallest absolute Gasteiger partial charge is 0.410 e. The fourth-order valence-corrected chi connectivity index (χ4v) is 12.3. The first kappa shape index (κ1) is 25.1. The van der Waals surface area contributed by atoms with Gasteiger partial charge in [0.1, 0.15) is 6.10 Å². The highest BCUT2D eigenvalue weighted by Gasteiger charge is 2.84. The number of fused-ring (bicyclic) bond motifs is 4. The van der Waals surface area contributed by atoms with Gasteiger partial charge in [-0.2, -0.15) is 0 Å². The lowest BCUT2D eigenvalue weighted by Gasteiger charge is -2.63. The highest BCUT2D eigenvalue weighted by atomic mass is 16.6. The van der Waals surface area contributed by atoms with Crippen molar-refractivity contribution >= 4 is 6.09 Å². The molecule has 2 aliphatic heterocycles. The maximum atomic E-state index is 13.0. The van der Waals surface area contributed by atoms with Crippen LogP contribution in [0.1, 0.15) is 86.0 Å². The molecule has 37 heavy (non-hydrogen) atoms. The van der Waals surface area contributed by atoms with E-state index in [1.165, 1.54) is 38.5 Å². The summed E-state index contributed by atoms with van der Waals surface area (Å²) in [5.41, 5.74) is 0.724. The molecule has 5 aliphatic carbocycles. The molecule has 6 nitrogen and oxygen atoms in total. The number of hydrogen-bond acceptors (Lipinski definition) is 5. The van der Waals surface area contributed by atoms with Gasteiger partial charge in [-0.05, 0) is 91.3 Å². The van der Waals surface area contributed by atoms with Crippen LogP contribution in [0.2, 0.25) is 0 Å². The first-order valence-corrected chi connectivity index (χ1v) is 15.4. The Morgan fingerprint density at radius 2 is 1.62 bits per heavy atom. The van der Waals surface area contributed by atoms with Gasteiger partial charge in [0.2, 0.25) is 0 Å². The third-order valence-electron chi connectivity index (χ3n) is 14.2. The standard InChI is InChI=1S/C31H49NO5/c1-19-9-15-36-24-23(19)28(4)11-12-31-18-30(31)10-8-22(37-26(34)32-13-16-35-17-14-32)27(2,3)20(30)6-7-21(31)29(28,5)25(24)33/h19-25,33H,6-18H2,1-5H3/t19-,20+,21?,22+,23+,24?,25+,28-,29-,30-,31?/m1/s1. The summed E-state index contributed by atoms with van der Waals surface area (Å²) in [5, 5.41) is 12.0. The van der Waals surface area contributed by atoms with Crippen molar-refractivity contribution in [3.05, 3.63) is 0 Å². The topological polar surface area (TPSA) is 68.2 Å². The molecule has 1 amide bonds. The highest BCUT2D eigenvalue weighted by molar-refractivity contribution is 5.68. The molecule has 2 heterocycles. The quantitative estimate of drug-likeness (QED) is 0.515. The van der Waals surface area contributed by atoms with E-state index in [0.717, 1.165) is 19.4 Å². The van der Waals surface area contributed by atoms with Gasteiger partial charge in [-0.15, -0.1) is 0 Å². The van der Waals surface area contributed by atoms with Crippen LogP contribution in [0.25, 0.3) is 0 Å². The zero-order valence-electron chi connectivity index (χ0n) is 23.8. The first-order valence-electron chi connectivity index (χ1n) is 15.4. The van der Waals surface area contributed by atoms with Crippen LogP contribution in [-0.2, 0) is 14.2 Å². The van der Waals surface area contributed by atoms with E-state index in [1.54, 1.807) is 0 Å². The van der Waals surface area contributed by atoms with E-state index in [4.69, 9.17) is 14.2 Å². The lowest BCUT2D eigenvalue weighted by molar-refractivity contribution is -0.183. The average Bonchev–Trinajstić information content (AvgIpc) is 3.51. The van der Waals surface area contributed by atoms with Crippen molar-refractivity contribution in [1.82, 2.24) is 4.90 Å². The highest BCUT2D eigenvalue weighted by Crippen LogP contribution is 2.89. The summed E-state index contributed by atoms with van der Waals surface area (Å²) >= 11 is 0. The summed E-state index contributed by atoms with van der Waals surface area (Å²) in [6.07, 6.45) is 8.95. The number of amides is 1. The van der Waals surface area contributed by atoms with Crippen LogP contribution in [-0.4, -0.2) is 67.3 Å². The van der Waals surface area contributed by atoms with Crippen LogP contribution in [0.5, 0.6) is 0 Å². The number of aliphatic hydroxyl groups is 1. The Labute approximate surface area is 223 Å². The molecule has 6 heteroatoms. The maximum Gasteiger partial charge on any atom is 0.410 e. The van der Waals surface area contributed by atoms with Crippen LogP contribution in [0, 0.1) is 50.7 Å². The number of hydrogen-bond donors (Lipinski definition) is 1. The van der Waals surface area contributed by atoms with Crippen LogP contribution in [0.3, 0.4) is 0 Å². The monoisotopic (exact) mass is 515 g/mol. The summed E-state index contributed by atoms with van der Waals surface area (Å²) in [4.78, 5) is 14.9. The summed E-state index contributed by atoms with van der Waals surface area (Å²) in [6.45, 7) is 15.4. The second-order valence-electron chi connectivity index (χ2n) is 15.3. The summed E-state index contributed by atoms with van der Waals surface area (Å²) in [7, 11) is 0. The Kier molecular flexibility index (Phi) is 5.35. The Morgan fingerprint density at radius 3 is 2.38 bits per heavy atom. The van der Waals surface area contributed by atoms with Gasteiger partial charge in [-0.25, -0.2) is 4.79 Å². The minimum absolute atomic E-state index is 0.00750. The molecule has 0 aromatic heterocycles. The number of nitrogens with zero attached hydrogens (tertiary/aromatic N) is 1. The van der Waals surface area contributed by atoms with Crippen molar-refractivity contribution in [2.45, 2.75) is 104 Å². The maximum absolute atomic E-state index is 13.0. The van der Waals surface area contributed by atoms with Crippen molar-refractivity contribution in [2.75, 3.05) is 32.9 Å². The van der Waals surface area contributed by atoms with Crippen molar-refractivity contribution in [2.24, 2.45) is 50.7 Å². The normalized spacial score (nSPS) is 55.7. The largest absolute Gasteiger partial charge is 0.446 e. The molecule has 5 saturated carbocycles. The van der Waals surface area contributed by atoms with Gasteiger partial charge in [-0.3, -0.25) is 0 Å². The number of morpholine rings is 1. The molecular weight excluding hydrogens is 466 g/mol. The van der Waals surface area contributed by atoms with E-state index in [2.05, 4.69) is 34.6 Å². The Balaban J connectivity index is 1.16. The van der Waals surface area contributed by atoms with Crippen LogP contribution in [0.4, 0.5) is 4.79 Å². The zero-order valence-corrected chi connectivity index (χ0v) is 23.8. The van der Waals surface area contributed by atoms with E-state index in [0.29, 0.717) is 60.8 Å². The van der Waals surface area contributed by atoms with E-state index >= 15 is 0 Å². The minimum Gasteiger partial charge on any atom is -0.446 e. The van der Waals surface area contributed by atoms with Crippen LogP contribution >= 0.6 is 0 Å². The van der Waals surface area contributed by atoms with Gasteiger partial charge >= 0.3 is 6.09 Å². The molecule has 208 valence electrons. The zero-order chi connectivity index (χ0) is 26.0. The van der Waals surface area contributed by atoms with Crippen molar-refractivity contribution in [3.8, 4) is 0 Å². The molecule has 7 fully saturated rings. The molecule has 2 saturated heterocycles. The third-order valence-corrected chi connectivity index (χ3v) is 14.2. The molecule has 2 spiro atoms. The Morgan fingerprint density at radius 1 is 0.919 bits per heavy atom. The number of aliphatic hydroxyl groups excluding tert-OH is 1. The number of carbonyl (C=O) groups excluding carboxylic acids is 1. The second-order valence-corrected chi connectivity index (χ2v) is 15.3. The van der Waals surface area contributed by atoms with Gasteiger partial charge in [0.05, 0.1) is 25.4 Å². The van der Waals surface area contributed by atoms with E-state index in [-0.39, 0.29) is 40.7 Å². The average molecular weight is 516 g/mol. The Hall–Kier alpha value is -0.850. The number of ether oxygens (including phenoxy) is 3. The molecular formula is C31H49NO5. The van der Waals surface area contributed by atoms with Gasteiger partial charge in [0, 0.05) is 30.5 Å². The molecule has 11 atom stereocenters.